The number of carbonyl (C=O) groups excluding carboxylic acids is 1. The van der Waals surface area contributed by atoms with Crippen LogP contribution in [0.15, 0.2) is 0 Å². The van der Waals surface area contributed by atoms with Crippen molar-refractivity contribution in [2.75, 3.05) is 20.6 Å². The zero-order valence-electron chi connectivity index (χ0n) is 12.9. The second-order valence-electron chi connectivity index (χ2n) is 6.54. The minimum atomic E-state index is -0.791. The highest BCUT2D eigenvalue weighted by Gasteiger charge is 2.36. The maximum absolute atomic E-state index is 12.2. The Hall–Kier alpha value is -1.10. The van der Waals surface area contributed by atoms with Crippen molar-refractivity contribution in [3.63, 3.8) is 0 Å². The Labute approximate surface area is 121 Å². The predicted molar refractivity (Wildman–Crippen MR) is 78.5 cm³/mol. The highest BCUT2D eigenvalue weighted by Crippen LogP contribution is 2.42. The minimum absolute atomic E-state index is 0.0116. The van der Waals surface area contributed by atoms with Crippen molar-refractivity contribution in [3.05, 3.63) is 0 Å². The van der Waals surface area contributed by atoms with Gasteiger partial charge in [-0.25, -0.2) is 0 Å². The second kappa shape index (κ2) is 7.62. The summed E-state index contributed by atoms with van der Waals surface area (Å²) in [5.41, 5.74) is -0.327. The first-order valence-corrected chi connectivity index (χ1v) is 7.49. The number of nitrogens with zero attached hydrogens (tertiary/aromatic N) is 1. The van der Waals surface area contributed by atoms with Gasteiger partial charge in [0.15, 0.2) is 0 Å². The summed E-state index contributed by atoms with van der Waals surface area (Å²) in [6.07, 6.45) is 5.39. The molecule has 5 nitrogen and oxygen atoms in total. The lowest BCUT2D eigenvalue weighted by Crippen LogP contribution is -2.42. The second-order valence-corrected chi connectivity index (χ2v) is 6.54. The van der Waals surface area contributed by atoms with Gasteiger partial charge in [0.25, 0.3) is 0 Å². The van der Waals surface area contributed by atoms with E-state index < -0.39 is 5.97 Å². The fraction of sp³-hybridized carbons (Fsp3) is 0.867. The number of amides is 1. The van der Waals surface area contributed by atoms with Crippen molar-refractivity contribution >= 4 is 11.9 Å². The monoisotopic (exact) mass is 284 g/mol. The molecular weight excluding hydrogens is 256 g/mol. The third-order valence-electron chi connectivity index (χ3n) is 4.02. The van der Waals surface area contributed by atoms with Crippen LogP contribution in [-0.4, -0.2) is 48.6 Å². The predicted octanol–water partition coefficient (Wildman–Crippen LogP) is 1.87. The van der Waals surface area contributed by atoms with Crippen molar-refractivity contribution < 1.29 is 14.7 Å². The molecule has 1 fully saturated rings. The molecule has 20 heavy (non-hydrogen) atoms. The van der Waals surface area contributed by atoms with Crippen molar-refractivity contribution in [2.45, 2.75) is 57.9 Å². The van der Waals surface area contributed by atoms with E-state index in [1.165, 1.54) is 0 Å². The lowest BCUT2D eigenvalue weighted by Gasteiger charge is -2.36. The Bertz CT molecular complexity index is 336. The van der Waals surface area contributed by atoms with E-state index in [4.69, 9.17) is 5.11 Å². The van der Waals surface area contributed by atoms with Gasteiger partial charge < -0.3 is 15.3 Å². The zero-order chi connectivity index (χ0) is 15.2. The Kier molecular flexibility index (Phi) is 6.46. The van der Waals surface area contributed by atoms with Gasteiger partial charge in [0.1, 0.15) is 0 Å². The van der Waals surface area contributed by atoms with E-state index in [2.05, 4.69) is 5.32 Å². The summed E-state index contributed by atoms with van der Waals surface area (Å²) in [6.45, 7) is 2.76. The molecule has 1 aliphatic rings. The standard InChI is InChI=1S/C15H28N2O3/c1-12(11-17(2)3)16-13(18)9-15(10-14(19)20)7-5-4-6-8-15/h12H,4-11H2,1-3H3,(H,16,18)(H,19,20). The van der Waals surface area contributed by atoms with Crippen LogP contribution < -0.4 is 5.32 Å². The molecule has 1 rings (SSSR count). The van der Waals surface area contributed by atoms with Gasteiger partial charge in [0, 0.05) is 19.0 Å². The molecule has 1 unspecified atom stereocenters. The van der Waals surface area contributed by atoms with E-state index in [-0.39, 0.29) is 23.8 Å². The van der Waals surface area contributed by atoms with Crippen molar-refractivity contribution in [3.8, 4) is 0 Å². The van der Waals surface area contributed by atoms with Crippen LogP contribution in [0.3, 0.4) is 0 Å². The van der Waals surface area contributed by atoms with Crippen molar-refractivity contribution in [1.29, 1.82) is 0 Å². The van der Waals surface area contributed by atoms with E-state index in [1.807, 2.05) is 25.9 Å². The first kappa shape index (κ1) is 17.0. The Morgan fingerprint density at radius 3 is 2.30 bits per heavy atom. The number of nitrogens with one attached hydrogen (secondary N) is 1. The average molecular weight is 284 g/mol. The lowest BCUT2D eigenvalue weighted by molar-refractivity contribution is -0.141. The van der Waals surface area contributed by atoms with Gasteiger partial charge >= 0.3 is 5.97 Å². The zero-order valence-corrected chi connectivity index (χ0v) is 12.9. The van der Waals surface area contributed by atoms with E-state index in [9.17, 15) is 9.59 Å². The van der Waals surface area contributed by atoms with Crippen LogP contribution in [-0.2, 0) is 9.59 Å². The number of carboxylic acids is 1. The van der Waals surface area contributed by atoms with E-state index in [0.29, 0.717) is 6.42 Å². The molecule has 0 aromatic heterocycles. The van der Waals surface area contributed by atoms with Crippen molar-refractivity contribution in [2.24, 2.45) is 5.41 Å². The maximum Gasteiger partial charge on any atom is 0.303 e. The minimum Gasteiger partial charge on any atom is -0.481 e. The van der Waals surface area contributed by atoms with Gasteiger partial charge in [0.05, 0.1) is 6.42 Å². The van der Waals surface area contributed by atoms with Crippen LogP contribution in [0.25, 0.3) is 0 Å². The third-order valence-corrected chi connectivity index (χ3v) is 4.02. The Morgan fingerprint density at radius 1 is 1.20 bits per heavy atom. The number of carbonyl (C=O) groups is 2. The molecule has 0 heterocycles. The molecule has 5 heteroatoms. The van der Waals surface area contributed by atoms with Crippen LogP contribution in [0.4, 0.5) is 0 Å². The topological polar surface area (TPSA) is 69.6 Å². The first-order chi connectivity index (χ1) is 9.33. The lowest BCUT2D eigenvalue weighted by atomic mass is 9.69. The van der Waals surface area contributed by atoms with Crippen LogP contribution in [0.1, 0.15) is 51.9 Å². The molecule has 1 amide bonds. The van der Waals surface area contributed by atoms with Gasteiger partial charge in [-0.05, 0) is 39.3 Å². The Balaban J connectivity index is 2.56. The summed E-state index contributed by atoms with van der Waals surface area (Å²) < 4.78 is 0. The fourth-order valence-corrected chi connectivity index (χ4v) is 3.30. The molecular formula is C15H28N2O3. The first-order valence-electron chi connectivity index (χ1n) is 7.49. The number of aliphatic carboxylic acids is 1. The molecule has 0 radical (unpaired) electrons. The van der Waals surface area contributed by atoms with E-state index in [0.717, 1.165) is 38.6 Å². The van der Waals surface area contributed by atoms with Gasteiger partial charge in [0.2, 0.25) is 5.91 Å². The molecule has 0 aromatic carbocycles. The summed E-state index contributed by atoms with van der Waals surface area (Å²) in [5.74, 6) is -0.802. The van der Waals surface area contributed by atoms with Crippen LogP contribution >= 0.6 is 0 Å². The third kappa shape index (κ3) is 5.90. The summed E-state index contributed by atoms with van der Waals surface area (Å²) in [6, 6.07) is 0.0861. The molecule has 0 saturated heterocycles. The van der Waals surface area contributed by atoms with Crippen LogP contribution in [0, 0.1) is 5.41 Å². The quantitative estimate of drug-likeness (QED) is 0.749. The summed E-state index contributed by atoms with van der Waals surface area (Å²) in [7, 11) is 3.94. The molecule has 0 spiro atoms. The van der Waals surface area contributed by atoms with Gasteiger partial charge in [-0.1, -0.05) is 19.3 Å². The molecule has 0 aliphatic heterocycles. The van der Waals surface area contributed by atoms with Gasteiger partial charge in [-0.15, -0.1) is 0 Å². The molecule has 0 bridgehead atoms. The smallest absolute Gasteiger partial charge is 0.303 e. The van der Waals surface area contributed by atoms with E-state index in [1.54, 1.807) is 0 Å². The highest BCUT2D eigenvalue weighted by atomic mass is 16.4. The van der Waals surface area contributed by atoms with Gasteiger partial charge in [-0.3, -0.25) is 9.59 Å². The fourth-order valence-electron chi connectivity index (χ4n) is 3.30. The maximum atomic E-state index is 12.2. The average Bonchev–Trinajstić information content (AvgIpc) is 2.26. The molecule has 1 aliphatic carbocycles. The summed E-state index contributed by atoms with van der Waals surface area (Å²) in [5, 5.41) is 12.1. The SMILES string of the molecule is CC(CN(C)C)NC(=O)CC1(CC(=O)O)CCCCC1. The molecule has 2 N–H and O–H groups in total. The van der Waals surface area contributed by atoms with Crippen molar-refractivity contribution in [1.82, 2.24) is 10.2 Å². The summed E-state index contributed by atoms with van der Waals surface area (Å²) in [4.78, 5) is 25.3. The van der Waals surface area contributed by atoms with E-state index >= 15 is 0 Å². The van der Waals surface area contributed by atoms with Crippen LogP contribution in [0.2, 0.25) is 0 Å². The Morgan fingerprint density at radius 2 is 1.80 bits per heavy atom. The number of likely N-dealkylation sites (N-methyl/N-ethyl adjacent to an activating group) is 1. The molecule has 116 valence electrons. The number of hydrogen-bond donors (Lipinski definition) is 2. The summed E-state index contributed by atoms with van der Waals surface area (Å²) >= 11 is 0. The normalized spacial score (nSPS) is 19.6. The molecule has 1 saturated carbocycles. The largest absolute Gasteiger partial charge is 0.481 e. The van der Waals surface area contributed by atoms with Gasteiger partial charge in [-0.2, -0.15) is 0 Å². The molecule has 0 aromatic rings. The number of rotatable bonds is 7. The highest BCUT2D eigenvalue weighted by molar-refractivity contribution is 5.78. The number of hydrogen-bond acceptors (Lipinski definition) is 3. The number of carboxylic acid groups (broad SMARTS) is 1. The molecule has 1 atom stereocenters. The van der Waals surface area contributed by atoms with Crippen LogP contribution in [0.5, 0.6) is 0 Å².